The van der Waals surface area contributed by atoms with E-state index in [9.17, 15) is 18.0 Å². The fourth-order valence-electron chi connectivity index (χ4n) is 3.19. The Morgan fingerprint density at radius 2 is 1.74 bits per heavy atom. The highest BCUT2D eigenvalue weighted by Gasteiger charge is 2.22. The van der Waals surface area contributed by atoms with Crippen molar-refractivity contribution in [2.24, 2.45) is 0 Å². The quantitative estimate of drug-likeness (QED) is 0.417. The molecule has 2 aromatic carbocycles. The summed E-state index contributed by atoms with van der Waals surface area (Å²) in [5.41, 5.74) is 11.9. The smallest absolute Gasteiger partial charge is 0.402 e. The monoisotopic (exact) mass is 491 g/mol. The molecule has 4 aromatic rings. The summed E-state index contributed by atoms with van der Waals surface area (Å²) in [6, 6.07) is 6.21. The van der Waals surface area contributed by atoms with E-state index in [0.717, 1.165) is 11.0 Å². The van der Waals surface area contributed by atoms with E-state index in [1.54, 1.807) is 12.1 Å². The van der Waals surface area contributed by atoms with Crippen molar-refractivity contribution in [2.45, 2.75) is 6.42 Å². The third-order valence-electron chi connectivity index (χ3n) is 4.85. The summed E-state index contributed by atoms with van der Waals surface area (Å²) in [6.07, 6.45) is -1.13. The number of hydrogen-bond acceptors (Lipinski definition) is 7. The van der Waals surface area contributed by atoms with Gasteiger partial charge in [0.1, 0.15) is 5.82 Å². The standard InChI is InChI=1S/C21H17ClF3N7O2/c1-31(2)21(33)34-17-18(26)28-20(29-19(17)27)32-15-6-3-9(22)7-11(15)14(30-32)8-10-12(23)4-5-13(24)16(10)25/h3-7H,8H2,1-2H3,(H4,26,27,28,29). The van der Waals surface area contributed by atoms with E-state index in [1.165, 1.54) is 24.8 Å². The van der Waals surface area contributed by atoms with Crippen LogP contribution in [0.15, 0.2) is 30.3 Å². The first-order valence-corrected chi connectivity index (χ1v) is 10.1. The van der Waals surface area contributed by atoms with Gasteiger partial charge in [0.05, 0.1) is 11.2 Å². The van der Waals surface area contributed by atoms with Crippen molar-refractivity contribution < 1.29 is 22.7 Å². The Bertz CT molecular complexity index is 1420. The molecule has 0 unspecified atom stereocenters. The van der Waals surface area contributed by atoms with Crippen molar-refractivity contribution in [3.05, 3.63) is 64.1 Å². The fourth-order valence-corrected chi connectivity index (χ4v) is 3.36. The molecule has 0 saturated heterocycles. The first-order chi connectivity index (χ1) is 16.1. The van der Waals surface area contributed by atoms with E-state index in [1.807, 2.05) is 0 Å². The van der Waals surface area contributed by atoms with Crippen LogP contribution in [0.1, 0.15) is 11.3 Å². The number of amides is 1. The minimum atomic E-state index is -1.32. The Labute approximate surface area is 195 Å². The lowest BCUT2D eigenvalue weighted by Gasteiger charge is -2.13. The molecule has 176 valence electrons. The number of anilines is 2. The predicted molar refractivity (Wildman–Crippen MR) is 119 cm³/mol. The molecule has 0 radical (unpaired) electrons. The first-order valence-electron chi connectivity index (χ1n) is 9.68. The van der Waals surface area contributed by atoms with Gasteiger partial charge in [-0.25, -0.2) is 18.0 Å². The summed E-state index contributed by atoms with van der Waals surface area (Å²) < 4.78 is 48.6. The van der Waals surface area contributed by atoms with Crippen molar-refractivity contribution in [3.63, 3.8) is 0 Å². The van der Waals surface area contributed by atoms with Gasteiger partial charge in [-0.3, -0.25) is 0 Å². The number of aromatic nitrogens is 4. The molecule has 4 rings (SSSR count). The van der Waals surface area contributed by atoms with Crippen molar-refractivity contribution in [1.82, 2.24) is 24.6 Å². The van der Waals surface area contributed by atoms with E-state index >= 15 is 0 Å². The number of halogens is 4. The Morgan fingerprint density at radius 1 is 1.09 bits per heavy atom. The molecule has 4 N–H and O–H groups in total. The highest BCUT2D eigenvalue weighted by atomic mass is 35.5. The van der Waals surface area contributed by atoms with Crippen LogP contribution in [-0.4, -0.2) is 44.8 Å². The summed E-state index contributed by atoms with van der Waals surface area (Å²) >= 11 is 6.11. The maximum atomic E-state index is 14.3. The topological polar surface area (TPSA) is 125 Å². The fraction of sp³-hybridized carbons (Fsp3) is 0.143. The molecule has 2 aromatic heterocycles. The van der Waals surface area contributed by atoms with Gasteiger partial charge in [0, 0.05) is 36.5 Å². The SMILES string of the molecule is CN(C)C(=O)Oc1c(N)nc(-n2nc(Cc3c(F)ccc(F)c3F)c3cc(Cl)ccc32)nc1N. The molecule has 2 heterocycles. The summed E-state index contributed by atoms with van der Waals surface area (Å²) in [4.78, 5) is 21.2. The van der Waals surface area contributed by atoms with E-state index in [-0.39, 0.29) is 35.4 Å². The Hall–Kier alpha value is -4.06. The Kier molecular flexibility index (Phi) is 5.92. The number of hydrogen-bond donors (Lipinski definition) is 2. The maximum Gasteiger partial charge on any atom is 0.414 e. The van der Waals surface area contributed by atoms with Crippen molar-refractivity contribution in [3.8, 4) is 11.7 Å². The van der Waals surface area contributed by atoms with Gasteiger partial charge < -0.3 is 21.1 Å². The molecule has 0 aliphatic carbocycles. The first kappa shape index (κ1) is 23.1. The second-order valence-electron chi connectivity index (χ2n) is 7.40. The van der Waals surface area contributed by atoms with E-state index in [2.05, 4.69) is 15.1 Å². The highest BCUT2D eigenvalue weighted by Crippen LogP contribution is 2.31. The summed E-state index contributed by atoms with van der Waals surface area (Å²) in [5.74, 6) is -4.24. The van der Waals surface area contributed by atoms with Gasteiger partial charge in [-0.05, 0) is 30.3 Å². The van der Waals surface area contributed by atoms with E-state index in [0.29, 0.717) is 22.0 Å². The molecule has 0 fully saturated rings. The summed E-state index contributed by atoms with van der Waals surface area (Å²) in [6.45, 7) is 0. The molecular weight excluding hydrogens is 475 g/mol. The highest BCUT2D eigenvalue weighted by molar-refractivity contribution is 6.31. The molecule has 0 saturated carbocycles. The number of nitrogens with two attached hydrogens (primary N) is 2. The van der Waals surface area contributed by atoms with E-state index < -0.39 is 29.1 Å². The molecule has 0 spiro atoms. The largest absolute Gasteiger partial charge is 0.414 e. The predicted octanol–water partition coefficient (Wildman–Crippen LogP) is 3.70. The molecule has 13 heteroatoms. The zero-order valence-electron chi connectivity index (χ0n) is 17.8. The maximum absolute atomic E-state index is 14.3. The van der Waals surface area contributed by atoms with Crippen LogP contribution in [0, 0.1) is 17.5 Å². The number of nitrogen functional groups attached to an aromatic ring is 2. The third kappa shape index (κ3) is 4.15. The van der Waals surface area contributed by atoms with Crippen LogP contribution in [0.3, 0.4) is 0 Å². The van der Waals surface area contributed by atoms with Gasteiger partial charge >= 0.3 is 6.09 Å². The molecule has 0 bridgehead atoms. The Morgan fingerprint density at radius 3 is 2.38 bits per heavy atom. The zero-order valence-corrected chi connectivity index (χ0v) is 18.6. The minimum Gasteiger partial charge on any atom is -0.402 e. The van der Waals surface area contributed by atoms with Crippen LogP contribution < -0.4 is 16.2 Å². The summed E-state index contributed by atoms with van der Waals surface area (Å²) in [5, 5.41) is 5.11. The molecule has 34 heavy (non-hydrogen) atoms. The molecule has 0 aliphatic rings. The van der Waals surface area contributed by atoms with Crippen molar-refractivity contribution in [1.29, 1.82) is 0 Å². The van der Waals surface area contributed by atoms with Crippen LogP contribution in [0.5, 0.6) is 5.75 Å². The van der Waals surface area contributed by atoms with Crippen LogP contribution in [0.4, 0.5) is 29.6 Å². The molecule has 0 aliphatic heterocycles. The molecule has 1 amide bonds. The lowest BCUT2D eigenvalue weighted by Crippen LogP contribution is -2.26. The van der Waals surface area contributed by atoms with Gasteiger partial charge in [0.25, 0.3) is 5.95 Å². The lowest BCUT2D eigenvalue weighted by atomic mass is 10.1. The minimum absolute atomic E-state index is 0.0987. The molecular formula is C21H17ClF3N7O2. The van der Waals surface area contributed by atoms with E-state index in [4.69, 9.17) is 27.8 Å². The average Bonchev–Trinajstić information content (AvgIpc) is 3.13. The van der Waals surface area contributed by atoms with Crippen molar-refractivity contribution >= 4 is 40.2 Å². The third-order valence-corrected chi connectivity index (χ3v) is 5.09. The molecule has 0 atom stereocenters. The Balaban J connectivity index is 1.84. The van der Waals surface area contributed by atoms with Crippen LogP contribution >= 0.6 is 11.6 Å². The second kappa shape index (κ2) is 8.71. The van der Waals surface area contributed by atoms with Gasteiger partial charge in [-0.15, -0.1) is 0 Å². The average molecular weight is 492 g/mol. The number of ether oxygens (including phenoxy) is 1. The second-order valence-corrected chi connectivity index (χ2v) is 7.84. The number of carbonyl (C=O) groups excluding carboxylic acids is 1. The van der Waals surface area contributed by atoms with Gasteiger partial charge in [0.2, 0.25) is 5.75 Å². The van der Waals surface area contributed by atoms with Gasteiger partial charge in [-0.2, -0.15) is 19.7 Å². The number of benzene rings is 2. The number of fused-ring (bicyclic) bond motifs is 1. The zero-order chi connectivity index (χ0) is 24.7. The number of rotatable bonds is 4. The van der Waals surface area contributed by atoms with Crippen molar-refractivity contribution in [2.75, 3.05) is 25.6 Å². The molecule has 9 nitrogen and oxygen atoms in total. The van der Waals surface area contributed by atoms with Gasteiger partial charge in [-0.1, -0.05) is 11.6 Å². The number of carbonyl (C=O) groups is 1. The van der Waals surface area contributed by atoms with Gasteiger partial charge in [0.15, 0.2) is 23.3 Å². The number of nitrogens with zero attached hydrogens (tertiary/aromatic N) is 5. The lowest BCUT2D eigenvalue weighted by molar-refractivity contribution is 0.172. The summed E-state index contributed by atoms with van der Waals surface area (Å²) in [7, 11) is 2.94. The normalized spacial score (nSPS) is 11.1. The van der Waals surface area contributed by atoms with Crippen LogP contribution in [0.25, 0.3) is 16.9 Å². The van der Waals surface area contributed by atoms with Crippen LogP contribution in [-0.2, 0) is 6.42 Å². The van der Waals surface area contributed by atoms with Crippen LogP contribution in [0.2, 0.25) is 5.02 Å².